The minimum Gasteiger partial charge on any atom is -0.454 e. The fourth-order valence-corrected chi connectivity index (χ4v) is 3.26. The summed E-state index contributed by atoms with van der Waals surface area (Å²) in [6.45, 7) is 6.22. The zero-order valence-corrected chi connectivity index (χ0v) is 15.5. The third kappa shape index (κ3) is 3.81. The number of hydrogen-bond acceptors (Lipinski definition) is 5. The monoisotopic (exact) mass is 376 g/mol. The summed E-state index contributed by atoms with van der Waals surface area (Å²) in [6, 6.07) is 11.1. The average Bonchev–Trinajstić information content (AvgIpc) is 3.07. The second-order valence-corrected chi connectivity index (χ2v) is 8.58. The Balaban J connectivity index is 1.69. The van der Waals surface area contributed by atoms with Crippen LogP contribution in [0, 0.1) is 0 Å². The molecular formula is C18H20N2O5S. The van der Waals surface area contributed by atoms with Crippen molar-refractivity contribution in [2.24, 2.45) is 0 Å². The van der Waals surface area contributed by atoms with Gasteiger partial charge in [-0.15, -0.1) is 4.83 Å². The molecule has 0 saturated heterocycles. The van der Waals surface area contributed by atoms with Gasteiger partial charge in [-0.05, 0) is 41.3 Å². The van der Waals surface area contributed by atoms with E-state index in [1.165, 1.54) is 24.3 Å². The summed E-state index contributed by atoms with van der Waals surface area (Å²) in [6.07, 6.45) is 0. The Labute approximate surface area is 152 Å². The first-order valence-corrected chi connectivity index (χ1v) is 9.47. The van der Waals surface area contributed by atoms with E-state index in [0.717, 1.165) is 5.56 Å². The number of hydrazine groups is 1. The number of fused-ring (bicyclic) bond motifs is 1. The van der Waals surface area contributed by atoms with Gasteiger partial charge in [0.05, 0.1) is 4.90 Å². The second-order valence-electron chi connectivity index (χ2n) is 6.90. The molecule has 2 aromatic carbocycles. The highest BCUT2D eigenvalue weighted by Gasteiger charge is 2.20. The molecular weight excluding hydrogens is 356 g/mol. The Kier molecular flexibility index (Phi) is 4.64. The second kappa shape index (κ2) is 6.62. The lowest BCUT2D eigenvalue weighted by atomic mass is 9.87. The van der Waals surface area contributed by atoms with E-state index in [4.69, 9.17) is 9.47 Å². The van der Waals surface area contributed by atoms with Crippen molar-refractivity contribution in [2.45, 2.75) is 31.1 Å². The molecule has 0 saturated carbocycles. The van der Waals surface area contributed by atoms with Crippen LogP contribution < -0.4 is 19.7 Å². The van der Waals surface area contributed by atoms with Gasteiger partial charge < -0.3 is 9.47 Å². The standard InChI is InChI=1S/C18H20N2O5S/c1-18(2,3)13-5-7-14(8-6-13)26(22,23)20-19-17(21)12-4-9-15-16(10-12)25-11-24-15/h4-10,20H,11H2,1-3H3,(H,19,21). The van der Waals surface area contributed by atoms with Crippen molar-refractivity contribution >= 4 is 15.9 Å². The molecule has 7 nitrogen and oxygen atoms in total. The number of carbonyl (C=O) groups is 1. The topological polar surface area (TPSA) is 93.7 Å². The fraction of sp³-hybridized carbons (Fsp3) is 0.278. The highest BCUT2D eigenvalue weighted by Crippen LogP contribution is 2.32. The van der Waals surface area contributed by atoms with Crippen molar-refractivity contribution < 1.29 is 22.7 Å². The van der Waals surface area contributed by atoms with E-state index >= 15 is 0 Å². The average molecular weight is 376 g/mol. The summed E-state index contributed by atoms with van der Waals surface area (Å²) in [4.78, 5) is 14.3. The van der Waals surface area contributed by atoms with Gasteiger partial charge in [-0.1, -0.05) is 32.9 Å². The molecule has 2 aromatic rings. The van der Waals surface area contributed by atoms with E-state index in [1.54, 1.807) is 18.2 Å². The number of benzene rings is 2. The van der Waals surface area contributed by atoms with E-state index in [-0.39, 0.29) is 22.7 Å². The molecule has 0 aliphatic carbocycles. The molecule has 138 valence electrons. The first-order chi connectivity index (χ1) is 12.2. The van der Waals surface area contributed by atoms with Crippen LogP contribution in [0.5, 0.6) is 11.5 Å². The minimum absolute atomic E-state index is 0.0662. The van der Waals surface area contributed by atoms with Crippen LogP contribution in [0.15, 0.2) is 47.4 Å². The van der Waals surface area contributed by atoms with Gasteiger partial charge in [0.1, 0.15) is 0 Å². The lowest BCUT2D eigenvalue weighted by Gasteiger charge is -2.19. The number of sulfonamides is 1. The molecule has 2 N–H and O–H groups in total. The van der Waals surface area contributed by atoms with Gasteiger partial charge in [0.25, 0.3) is 15.9 Å². The van der Waals surface area contributed by atoms with Crippen LogP contribution in [-0.2, 0) is 15.4 Å². The summed E-state index contributed by atoms with van der Waals surface area (Å²) in [5.41, 5.74) is 3.39. The van der Waals surface area contributed by atoms with Gasteiger partial charge in [0.2, 0.25) is 6.79 Å². The molecule has 1 amide bonds. The minimum atomic E-state index is -3.87. The third-order valence-electron chi connectivity index (χ3n) is 3.96. The predicted molar refractivity (Wildman–Crippen MR) is 95.5 cm³/mol. The molecule has 0 spiro atoms. The van der Waals surface area contributed by atoms with Gasteiger partial charge in [-0.25, -0.2) is 8.42 Å². The third-order valence-corrected chi connectivity index (χ3v) is 5.23. The Morgan fingerprint density at radius 2 is 1.65 bits per heavy atom. The van der Waals surface area contributed by atoms with Crippen LogP contribution in [0.2, 0.25) is 0 Å². The van der Waals surface area contributed by atoms with Gasteiger partial charge in [-0.3, -0.25) is 10.2 Å². The summed E-state index contributed by atoms with van der Waals surface area (Å²) < 4.78 is 35.1. The SMILES string of the molecule is CC(C)(C)c1ccc(S(=O)(=O)NNC(=O)c2ccc3c(c2)OCO3)cc1. The normalized spacial score (nSPS) is 13.5. The van der Waals surface area contributed by atoms with Crippen LogP contribution in [-0.4, -0.2) is 21.1 Å². The zero-order valence-electron chi connectivity index (χ0n) is 14.7. The fourth-order valence-electron chi connectivity index (χ4n) is 2.42. The van der Waals surface area contributed by atoms with Gasteiger partial charge in [-0.2, -0.15) is 0 Å². The highest BCUT2D eigenvalue weighted by molar-refractivity contribution is 7.89. The molecule has 1 aliphatic heterocycles. The zero-order chi connectivity index (χ0) is 18.9. The molecule has 0 aromatic heterocycles. The Bertz CT molecular complexity index is 931. The molecule has 1 heterocycles. The summed E-state index contributed by atoms with van der Waals surface area (Å²) in [5, 5.41) is 0. The van der Waals surface area contributed by atoms with Crippen LogP contribution in [0.4, 0.5) is 0 Å². The van der Waals surface area contributed by atoms with E-state index in [2.05, 4.69) is 10.3 Å². The molecule has 26 heavy (non-hydrogen) atoms. The molecule has 8 heteroatoms. The van der Waals surface area contributed by atoms with Crippen LogP contribution >= 0.6 is 0 Å². The van der Waals surface area contributed by atoms with Crippen LogP contribution in [0.25, 0.3) is 0 Å². The van der Waals surface area contributed by atoms with Gasteiger partial charge >= 0.3 is 0 Å². The number of rotatable bonds is 4. The van der Waals surface area contributed by atoms with Crippen molar-refractivity contribution in [3.8, 4) is 11.5 Å². The Hall–Kier alpha value is -2.58. The first-order valence-electron chi connectivity index (χ1n) is 7.99. The van der Waals surface area contributed by atoms with Crippen LogP contribution in [0.3, 0.4) is 0 Å². The smallest absolute Gasteiger partial charge is 0.266 e. The van der Waals surface area contributed by atoms with Gasteiger partial charge in [0.15, 0.2) is 11.5 Å². The maximum atomic E-state index is 12.3. The highest BCUT2D eigenvalue weighted by atomic mass is 32.2. The molecule has 0 unspecified atom stereocenters. The van der Waals surface area contributed by atoms with Crippen molar-refractivity contribution in [3.05, 3.63) is 53.6 Å². The van der Waals surface area contributed by atoms with E-state index in [1.807, 2.05) is 20.8 Å². The summed E-state index contributed by atoms with van der Waals surface area (Å²) in [7, 11) is -3.87. The molecule has 0 fully saturated rings. The molecule has 1 aliphatic rings. The van der Waals surface area contributed by atoms with E-state index in [0.29, 0.717) is 11.5 Å². The quantitative estimate of drug-likeness (QED) is 0.799. The lowest BCUT2D eigenvalue weighted by Crippen LogP contribution is -2.41. The molecule has 3 rings (SSSR count). The van der Waals surface area contributed by atoms with Crippen LogP contribution in [0.1, 0.15) is 36.7 Å². The number of amides is 1. The van der Waals surface area contributed by atoms with E-state index < -0.39 is 15.9 Å². The van der Waals surface area contributed by atoms with Crippen molar-refractivity contribution in [1.82, 2.24) is 10.3 Å². The molecule has 0 bridgehead atoms. The number of ether oxygens (including phenoxy) is 2. The number of hydrogen-bond donors (Lipinski definition) is 2. The van der Waals surface area contributed by atoms with Crippen molar-refractivity contribution in [2.75, 3.05) is 6.79 Å². The molecule has 0 radical (unpaired) electrons. The van der Waals surface area contributed by atoms with E-state index in [9.17, 15) is 13.2 Å². The largest absolute Gasteiger partial charge is 0.454 e. The Morgan fingerprint density at radius 1 is 1.00 bits per heavy atom. The Morgan fingerprint density at radius 3 is 2.31 bits per heavy atom. The maximum absolute atomic E-state index is 12.3. The number of carbonyl (C=O) groups excluding carboxylic acids is 1. The van der Waals surface area contributed by atoms with Crippen molar-refractivity contribution in [1.29, 1.82) is 0 Å². The lowest BCUT2D eigenvalue weighted by molar-refractivity contribution is 0.0944. The first kappa shape index (κ1) is 18.2. The maximum Gasteiger partial charge on any atom is 0.266 e. The predicted octanol–water partition coefficient (Wildman–Crippen LogP) is 2.34. The summed E-state index contributed by atoms with van der Waals surface area (Å²) in [5.74, 6) is 0.387. The van der Waals surface area contributed by atoms with Crippen molar-refractivity contribution in [3.63, 3.8) is 0 Å². The van der Waals surface area contributed by atoms with Gasteiger partial charge in [0, 0.05) is 5.56 Å². The summed E-state index contributed by atoms with van der Waals surface area (Å²) >= 11 is 0. The number of nitrogens with one attached hydrogen (secondary N) is 2. The molecule has 0 atom stereocenters.